The topological polar surface area (TPSA) is 64.4 Å². The number of amides is 1. The van der Waals surface area contributed by atoms with Gasteiger partial charge in [-0.2, -0.15) is 0 Å². The summed E-state index contributed by atoms with van der Waals surface area (Å²) in [7, 11) is -1.90. The molecule has 6 heteroatoms. The van der Waals surface area contributed by atoms with Crippen LogP contribution in [0.2, 0.25) is 18.1 Å². The van der Waals surface area contributed by atoms with Crippen molar-refractivity contribution in [1.82, 2.24) is 5.32 Å². The van der Waals surface area contributed by atoms with Crippen molar-refractivity contribution in [2.24, 2.45) is 5.73 Å². The molecule has 162 valence electrons. The SMILES string of the molecule is C/C(Cl)=C\C[C@H](C/C=C\NC(=O)[C@@H](N)Cc1ccccc1)O[Si](C)(C)C(C)(C)C. The Kier molecular flexibility index (Phi) is 10.3. The Morgan fingerprint density at radius 3 is 2.41 bits per heavy atom. The minimum absolute atomic E-state index is 0.0238. The van der Waals surface area contributed by atoms with Crippen molar-refractivity contribution in [3.63, 3.8) is 0 Å². The lowest BCUT2D eigenvalue weighted by Gasteiger charge is -2.39. The summed E-state index contributed by atoms with van der Waals surface area (Å²) in [5, 5.41) is 3.68. The van der Waals surface area contributed by atoms with E-state index in [1.54, 1.807) is 6.20 Å². The highest BCUT2D eigenvalue weighted by molar-refractivity contribution is 6.74. The van der Waals surface area contributed by atoms with Crippen LogP contribution in [0.5, 0.6) is 0 Å². The molecule has 1 aromatic rings. The molecule has 0 spiro atoms. The predicted octanol–water partition coefficient (Wildman–Crippen LogP) is 5.50. The van der Waals surface area contributed by atoms with Crippen LogP contribution in [-0.2, 0) is 15.6 Å². The summed E-state index contributed by atoms with van der Waals surface area (Å²) >= 11 is 6.02. The summed E-state index contributed by atoms with van der Waals surface area (Å²) in [6, 6.07) is 9.19. The van der Waals surface area contributed by atoms with Gasteiger partial charge in [0, 0.05) is 5.03 Å². The van der Waals surface area contributed by atoms with Crippen LogP contribution in [-0.4, -0.2) is 26.4 Å². The Balaban J connectivity index is 2.62. The summed E-state index contributed by atoms with van der Waals surface area (Å²) < 4.78 is 6.53. The molecule has 0 aliphatic carbocycles. The van der Waals surface area contributed by atoms with Gasteiger partial charge < -0.3 is 15.5 Å². The first kappa shape index (κ1) is 25.6. The monoisotopic (exact) mass is 436 g/mol. The van der Waals surface area contributed by atoms with Crippen LogP contribution in [0.1, 0.15) is 46.1 Å². The van der Waals surface area contributed by atoms with E-state index in [0.29, 0.717) is 12.8 Å². The maximum Gasteiger partial charge on any atom is 0.241 e. The lowest BCUT2D eigenvalue weighted by molar-refractivity contribution is -0.121. The summed E-state index contributed by atoms with van der Waals surface area (Å²) in [6.45, 7) is 13.0. The van der Waals surface area contributed by atoms with Gasteiger partial charge in [-0.25, -0.2) is 0 Å². The molecule has 0 saturated carbocycles. The molecule has 0 bridgehead atoms. The number of nitrogens with two attached hydrogens (primary N) is 1. The largest absolute Gasteiger partial charge is 0.413 e. The van der Waals surface area contributed by atoms with Gasteiger partial charge in [0.1, 0.15) is 0 Å². The molecule has 0 aromatic heterocycles. The van der Waals surface area contributed by atoms with E-state index in [0.717, 1.165) is 17.0 Å². The fourth-order valence-electron chi connectivity index (χ4n) is 2.51. The van der Waals surface area contributed by atoms with Crippen LogP contribution in [0.15, 0.2) is 53.7 Å². The lowest BCUT2D eigenvalue weighted by Crippen LogP contribution is -2.43. The van der Waals surface area contributed by atoms with E-state index in [9.17, 15) is 4.79 Å². The van der Waals surface area contributed by atoms with E-state index in [1.807, 2.05) is 49.4 Å². The normalized spacial score (nSPS) is 15.4. The van der Waals surface area contributed by atoms with Gasteiger partial charge in [-0.3, -0.25) is 4.79 Å². The van der Waals surface area contributed by atoms with Crippen LogP contribution in [0.4, 0.5) is 0 Å². The van der Waals surface area contributed by atoms with E-state index in [4.69, 9.17) is 21.8 Å². The van der Waals surface area contributed by atoms with Crippen molar-refractivity contribution in [2.75, 3.05) is 0 Å². The van der Waals surface area contributed by atoms with E-state index in [-0.39, 0.29) is 17.0 Å². The molecule has 0 radical (unpaired) electrons. The van der Waals surface area contributed by atoms with E-state index in [2.05, 4.69) is 39.2 Å². The number of hydrogen-bond acceptors (Lipinski definition) is 3. The van der Waals surface area contributed by atoms with Gasteiger partial charge in [0.25, 0.3) is 0 Å². The molecule has 1 aromatic carbocycles. The maximum atomic E-state index is 12.2. The van der Waals surface area contributed by atoms with Crippen LogP contribution in [0.3, 0.4) is 0 Å². The molecule has 0 saturated heterocycles. The zero-order chi connectivity index (χ0) is 22.1. The standard InChI is InChI=1S/C23H37ClN2O2Si/c1-18(24)14-15-20(28-29(5,6)23(2,3)4)13-10-16-26-22(27)21(25)17-19-11-8-7-9-12-19/h7-12,14,16,20-21H,13,15,17,25H2,1-6H3,(H,26,27)/b16-10-,18-14+/t20-,21-/m0/s1. The Morgan fingerprint density at radius 1 is 1.24 bits per heavy atom. The third-order valence-corrected chi connectivity index (χ3v) is 10.00. The van der Waals surface area contributed by atoms with Gasteiger partial charge in [0.2, 0.25) is 5.91 Å². The summed E-state index contributed by atoms with van der Waals surface area (Å²) in [5.41, 5.74) is 7.06. The highest BCUT2D eigenvalue weighted by Gasteiger charge is 2.38. The Labute approximate surface area is 182 Å². The summed E-state index contributed by atoms with van der Waals surface area (Å²) in [6.07, 6.45) is 7.57. The smallest absolute Gasteiger partial charge is 0.241 e. The van der Waals surface area contributed by atoms with Crippen molar-refractivity contribution in [1.29, 1.82) is 0 Å². The molecule has 2 atom stereocenters. The average molecular weight is 437 g/mol. The number of halogens is 1. The van der Waals surface area contributed by atoms with Crippen LogP contribution in [0.25, 0.3) is 0 Å². The minimum Gasteiger partial charge on any atom is -0.413 e. The second-order valence-corrected chi connectivity index (χ2v) is 14.3. The highest BCUT2D eigenvalue weighted by Crippen LogP contribution is 2.38. The second kappa shape index (κ2) is 11.7. The van der Waals surface area contributed by atoms with Gasteiger partial charge in [0.15, 0.2) is 8.32 Å². The number of carbonyl (C=O) groups excluding carboxylic acids is 1. The first-order chi connectivity index (χ1) is 13.4. The molecule has 4 nitrogen and oxygen atoms in total. The van der Waals surface area contributed by atoms with Gasteiger partial charge in [-0.05, 0) is 56.1 Å². The van der Waals surface area contributed by atoms with E-state index in [1.165, 1.54) is 0 Å². The minimum atomic E-state index is -1.90. The number of benzene rings is 1. The van der Waals surface area contributed by atoms with Gasteiger partial charge in [0.05, 0.1) is 12.1 Å². The summed E-state index contributed by atoms with van der Waals surface area (Å²) in [5.74, 6) is -0.191. The van der Waals surface area contributed by atoms with Crippen molar-refractivity contribution < 1.29 is 9.22 Å². The maximum absolute atomic E-state index is 12.2. The predicted molar refractivity (Wildman–Crippen MR) is 126 cm³/mol. The Morgan fingerprint density at radius 2 is 1.86 bits per heavy atom. The zero-order valence-corrected chi connectivity index (χ0v) is 20.4. The van der Waals surface area contributed by atoms with Gasteiger partial charge in [-0.1, -0.05) is 74.9 Å². The second-order valence-electron chi connectivity index (χ2n) is 8.97. The molecule has 29 heavy (non-hydrogen) atoms. The quantitative estimate of drug-likeness (QED) is 0.476. The Hall–Kier alpha value is -1.40. The van der Waals surface area contributed by atoms with Crippen LogP contribution >= 0.6 is 11.6 Å². The molecule has 0 aliphatic rings. The van der Waals surface area contributed by atoms with Crippen LogP contribution in [0, 0.1) is 0 Å². The average Bonchev–Trinajstić information content (AvgIpc) is 2.62. The summed E-state index contributed by atoms with van der Waals surface area (Å²) in [4.78, 5) is 12.2. The number of allylic oxidation sites excluding steroid dienone is 1. The lowest BCUT2D eigenvalue weighted by atomic mass is 10.1. The molecule has 3 N–H and O–H groups in total. The number of hydrogen-bond donors (Lipinski definition) is 2. The van der Waals surface area contributed by atoms with E-state index >= 15 is 0 Å². The molecule has 0 fully saturated rings. The third kappa shape index (κ3) is 9.76. The fourth-order valence-corrected chi connectivity index (χ4v) is 3.98. The third-order valence-electron chi connectivity index (χ3n) is 5.31. The molecule has 1 amide bonds. The van der Waals surface area contributed by atoms with Crippen molar-refractivity contribution >= 4 is 25.8 Å². The first-order valence-electron chi connectivity index (χ1n) is 10.2. The Bertz CT molecular complexity index is 693. The number of carbonyl (C=O) groups is 1. The van der Waals surface area contributed by atoms with Crippen LogP contribution < -0.4 is 11.1 Å². The van der Waals surface area contributed by atoms with Gasteiger partial charge >= 0.3 is 0 Å². The van der Waals surface area contributed by atoms with Gasteiger partial charge in [-0.15, -0.1) is 0 Å². The molecular formula is C23H37ClN2O2Si. The van der Waals surface area contributed by atoms with Crippen molar-refractivity contribution in [3.8, 4) is 0 Å². The first-order valence-corrected chi connectivity index (χ1v) is 13.5. The van der Waals surface area contributed by atoms with Crippen molar-refractivity contribution in [2.45, 2.75) is 77.2 Å². The molecule has 1 rings (SSSR count). The molecular weight excluding hydrogens is 400 g/mol. The van der Waals surface area contributed by atoms with Crippen molar-refractivity contribution in [3.05, 3.63) is 59.3 Å². The number of rotatable bonds is 10. The molecule has 0 heterocycles. The molecule has 0 unspecified atom stereocenters. The number of nitrogens with one attached hydrogen (secondary N) is 1. The highest BCUT2D eigenvalue weighted by atomic mass is 35.5. The fraction of sp³-hybridized carbons (Fsp3) is 0.522. The van der Waals surface area contributed by atoms with E-state index < -0.39 is 14.4 Å². The zero-order valence-electron chi connectivity index (χ0n) is 18.7. The molecule has 0 aliphatic heterocycles.